The van der Waals surface area contributed by atoms with Gasteiger partial charge < -0.3 is 25.1 Å². The number of nitrogens with one attached hydrogen (secondary N) is 1. The van der Waals surface area contributed by atoms with E-state index >= 15 is 4.39 Å². The van der Waals surface area contributed by atoms with Crippen LogP contribution in [0.25, 0.3) is 0 Å². The fraction of sp³-hybridized carbons (Fsp3) is 0.367. The Bertz CT molecular complexity index is 1620. The summed E-state index contributed by atoms with van der Waals surface area (Å²) < 4.78 is 97.4. The molecule has 2 aliphatic heterocycles. The summed E-state index contributed by atoms with van der Waals surface area (Å²) in [5, 5.41) is 24.1. The number of carboxylic acids is 1. The highest BCUT2D eigenvalue weighted by atomic mass is 19.4. The molecule has 0 aliphatic carbocycles. The number of halogens is 7. The number of rotatable bonds is 8. The topological polar surface area (TPSA) is 102 Å². The highest BCUT2D eigenvalue weighted by Gasteiger charge is 2.38. The van der Waals surface area contributed by atoms with E-state index in [9.17, 15) is 46.4 Å². The van der Waals surface area contributed by atoms with E-state index in [4.69, 9.17) is 0 Å². The second kappa shape index (κ2) is 12.6. The molecule has 2 saturated heterocycles. The van der Waals surface area contributed by atoms with E-state index in [1.807, 2.05) is 0 Å². The molecule has 0 aromatic heterocycles. The molecular weight excluding hydrogens is 627 g/mol. The van der Waals surface area contributed by atoms with Crippen LogP contribution in [0.5, 0.6) is 0 Å². The molecule has 2 heterocycles. The zero-order chi connectivity index (χ0) is 33.4. The fourth-order valence-corrected chi connectivity index (χ4v) is 5.95. The number of piperazine rings is 1. The van der Waals surface area contributed by atoms with Crippen LogP contribution in [0.4, 0.5) is 59.2 Å². The Hall–Kier alpha value is -4.76. The summed E-state index contributed by atoms with van der Waals surface area (Å²) in [6.07, 6.45) is -8.77. The molecule has 0 spiro atoms. The molecule has 0 saturated carbocycles. The molecule has 0 radical (unpaired) electrons. The first kappa shape index (κ1) is 32.6. The molecule has 46 heavy (non-hydrogen) atoms. The smallest absolute Gasteiger partial charge is 0.418 e. The normalized spacial score (nSPS) is 17.4. The maximum atomic E-state index is 15.1. The summed E-state index contributed by atoms with van der Waals surface area (Å²) in [6, 6.07) is 8.78. The molecule has 9 nitrogen and oxygen atoms in total. The van der Waals surface area contributed by atoms with E-state index in [1.165, 1.54) is 34.1 Å². The van der Waals surface area contributed by atoms with Crippen LogP contribution in [0.2, 0.25) is 0 Å². The molecule has 16 heteroatoms. The molecule has 3 aromatic carbocycles. The minimum absolute atomic E-state index is 0.0632. The Morgan fingerprint density at radius 3 is 2.26 bits per heavy atom. The zero-order valence-corrected chi connectivity index (χ0v) is 24.0. The van der Waals surface area contributed by atoms with Gasteiger partial charge in [0.05, 0.1) is 16.1 Å². The Morgan fingerprint density at radius 1 is 0.935 bits per heavy atom. The first-order valence-electron chi connectivity index (χ1n) is 14.2. The lowest BCUT2D eigenvalue weighted by Crippen LogP contribution is -2.47. The molecule has 5 rings (SSSR count). The number of nitro groups is 1. The first-order valence-corrected chi connectivity index (χ1v) is 14.2. The highest BCUT2D eigenvalue weighted by Crippen LogP contribution is 2.41. The zero-order valence-electron chi connectivity index (χ0n) is 24.0. The van der Waals surface area contributed by atoms with Crippen molar-refractivity contribution in [2.24, 2.45) is 0 Å². The van der Waals surface area contributed by atoms with Crippen LogP contribution in [0.3, 0.4) is 0 Å². The SMILES string of the molecule is O=C(O)C1CCCN1c1c([N+](=O)[O-])ccc(F)c1CNc1ccc(N2CCN(c3cccc(C(F)(F)F)c3)CC2)c(C(F)(F)F)c1. The highest BCUT2D eigenvalue weighted by molar-refractivity contribution is 5.82. The lowest BCUT2D eigenvalue weighted by Gasteiger charge is -2.38. The Morgan fingerprint density at radius 2 is 1.63 bits per heavy atom. The van der Waals surface area contributed by atoms with E-state index in [-0.39, 0.29) is 61.8 Å². The predicted molar refractivity (Wildman–Crippen MR) is 156 cm³/mol. The second-order valence-corrected chi connectivity index (χ2v) is 10.9. The van der Waals surface area contributed by atoms with Crippen molar-refractivity contribution in [1.82, 2.24) is 0 Å². The fourth-order valence-electron chi connectivity index (χ4n) is 5.95. The van der Waals surface area contributed by atoms with Crippen molar-refractivity contribution in [2.45, 2.75) is 37.8 Å². The predicted octanol–water partition coefficient (Wildman–Crippen LogP) is 6.76. The van der Waals surface area contributed by atoms with E-state index in [2.05, 4.69) is 5.32 Å². The van der Waals surface area contributed by atoms with Gasteiger partial charge in [-0.15, -0.1) is 0 Å². The van der Waals surface area contributed by atoms with Gasteiger partial charge in [0.1, 0.15) is 17.5 Å². The van der Waals surface area contributed by atoms with Gasteiger partial charge in [-0.05, 0) is 55.3 Å². The molecule has 2 N–H and O–H groups in total. The van der Waals surface area contributed by atoms with Crippen molar-refractivity contribution in [3.63, 3.8) is 0 Å². The van der Waals surface area contributed by atoms with Crippen molar-refractivity contribution in [3.8, 4) is 0 Å². The number of hydrogen-bond acceptors (Lipinski definition) is 7. The Labute approximate surface area is 258 Å². The standard InChI is InChI=1S/C30H28F7N5O4/c31-23-7-9-25(42(45)46)27(41-10-2-5-26(41)28(43)44)21(23)17-38-19-6-8-24(22(16-19)30(35,36)37)40-13-11-39(12-14-40)20-4-1-3-18(15-20)29(32,33)34/h1,3-4,6-9,15-16,26,38H,2,5,10-14,17H2,(H,43,44). The van der Waals surface area contributed by atoms with Gasteiger partial charge in [-0.3, -0.25) is 10.1 Å². The number of anilines is 4. The van der Waals surface area contributed by atoms with Gasteiger partial charge in [0.2, 0.25) is 0 Å². The van der Waals surface area contributed by atoms with Crippen LogP contribution in [-0.4, -0.2) is 54.8 Å². The summed E-state index contributed by atoms with van der Waals surface area (Å²) in [4.78, 5) is 27.2. The van der Waals surface area contributed by atoms with Crippen LogP contribution in [0, 0.1) is 15.9 Å². The summed E-state index contributed by atoms with van der Waals surface area (Å²) >= 11 is 0. The number of carbonyl (C=O) groups is 1. The van der Waals surface area contributed by atoms with Crippen LogP contribution < -0.4 is 20.0 Å². The number of hydrogen-bond donors (Lipinski definition) is 2. The number of benzene rings is 3. The molecule has 0 amide bonds. The average molecular weight is 656 g/mol. The minimum atomic E-state index is -4.81. The third kappa shape index (κ3) is 6.74. The molecule has 246 valence electrons. The number of alkyl halides is 6. The summed E-state index contributed by atoms with van der Waals surface area (Å²) in [5.41, 5.74) is -2.76. The van der Waals surface area contributed by atoms with Crippen molar-refractivity contribution < 1.29 is 45.6 Å². The molecule has 2 fully saturated rings. The summed E-state index contributed by atoms with van der Waals surface area (Å²) in [6.45, 7) is 0.159. The van der Waals surface area contributed by atoms with Crippen LogP contribution in [0.15, 0.2) is 54.6 Å². The molecule has 0 bridgehead atoms. The third-order valence-electron chi connectivity index (χ3n) is 8.16. The van der Waals surface area contributed by atoms with E-state index in [1.54, 1.807) is 4.90 Å². The maximum absolute atomic E-state index is 15.1. The van der Waals surface area contributed by atoms with Gasteiger partial charge in [0, 0.05) is 68.0 Å². The number of nitro benzene ring substituents is 1. The van der Waals surface area contributed by atoms with Crippen molar-refractivity contribution in [1.29, 1.82) is 0 Å². The van der Waals surface area contributed by atoms with Gasteiger partial charge >= 0.3 is 18.3 Å². The van der Waals surface area contributed by atoms with Gasteiger partial charge in [-0.1, -0.05) is 6.07 Å². The van der Waals surface area contributed by atoms with Gasteiger partial charge in [0.15, 0.2) is 0 Å². The monoisotopic (exact) mass is 655 g/mol. The Kier molecular flexibility index (Phi) is 8.91. The Balaban J connectivity index is 1.37. The molecular formula is C30H28F7N5O4. The first-order chi connectivity index (χ1) is 21.6. The number of aliphatic carboxylic acids is 1. The molecule has 3 aromatic rings. The lowest BCUT2D eigenvalue weighted by atomic mass is 10.1. The van der Waals surface area contributed by atoms with Crippen molar-refractivity contribution >= 4 is 34.4 Å². The quantitative estimate of drug-likeness (QED) is 0.156. The largest absolute Gasteiger partial charge is 0.480 e. The lowest BCUT2D eigenvalue weighted by molar-refractivity contribution is -0.384. The van der Waals surface area contributed by atoms with Crippen LogP contribution >= 0.6 is 0 Å². The number of carboxylic acid groups (broad SMARTS) is 1. The summed E-state index contributed by atoms with van der Waals surface area (Å²) in [5.74, 6) is -2.13. The minimum Gasteiger partial charge on any atom is -0.480 e. The summed E-state index contributed by atoms with van der Waals surface area (Å²) in [7, 11) is 0. The maximum Gasteiger partial charge on any atom is 0.418 e. The van der Waals surface area contributed by atoms with Crippen LogP contribution in [0.1, 0.15) is 29.5 Å². The van der Waals surface area contributed by atoms with Gasteiger partial charge in [-0.2, -0.15) is 26.3 Å². The van der Waals surface area contributed by atoms with E-state index < -0.39 is 58.5 Å². The molecule has 2 aliphatic rings. The molecule has 1 unspecified atom stereocenters. The average Bonchev–Trinajstić information content (AvgIpc) is 3.50. The van der Waals surface area contributed by atoms with Crippen molar-refractivity contribution in [3.05, 3.63) is 87.2 Å². The number of nitrogens with zero attached hydrogens (tertiary/aromatic N) is 4. The molecule has 1 atom stereocenters. The van der Waals surface area contributed by atoms with E-state index in [0.717, 1.165) is 30.3 Å². The third-order valence-corrected chi connectivity index (χ3v) is 8.16. The second-order valence-electron chi connectivity index (χ2n) is 10.9. The van der Waals surface area contributed by atoms with Crippen molar-refractivity contribution in [2.75, 3.05) is 52.7 Å². The van der Waals surface area contributed by atoms with Crippen LogP contribution in [-0.2, 0) is 23.7 Å². The van der Waals surface area contributed by atoms with Gasteiger partial charge in [0.25, 0.3) is 5.69 Å². The van der Waals surface area contributed by atoms with E-state index in [0.29, 0.717) is 12.1 Å². The van der Waals surface area contributed by atoms with Gasteiger partial charge in [-0.25, -0.2) is 9.18 Å².